The highest BCUT2D eigenvalue weighted by atomic mass is 32.1. The van der Waals surface area contributed by atoms with Crippen LogP contribution in [0.25, 0.3) is 16.6 Å². The fourth-order valence-corrected chi connectivity index (χ4v) is 4.88. The van der Waals surface area contributed by atoms with Crippen LogP contribution < -0.4 is 9.47 Å². The van der Waals surface area contributed by atoms with Crippen molar-refractivity contribution in [3.63, 3.8) is 0 Å². The largest absolute Gasteiger partial charge is 0.491 e. The monoisotopic (exact) mass is 512 g/mol. The van der Waals surface area contributed by atoms with Gasteiger partial charge >= 0.3 is 5.97 Å². The van der Waals surface area contributed by atoms with Gasteiger partial charge in [-0.2, -0.15) is 8.75 Å². The van der Waals surface area contributed by atoms with E-state index in [1.165, 1.54) is 30.6 Å². The van der Waals surface area contributed by atoms with E-state index in [2.05, 4.69) is 8.75 Å². The van der Waals surface area contributed by atoms with Crippen LogP contribution in [-0.4, -0.2) is 39.3 Å². The second-order valence-corrected chi connectivity index (χ2v) is 9.21. The smallest absolute Gasteiger partial charge is 0.336 e. The van der Waals surface area contributed by atoms with Crippen molar-refractivity contribution < 1.29 is 28.6 Å². The van der Waals surface area contributed by atoms with E-state index in [4.69, 9.17) is 9.47 Å². The SMILES string of the molecule is CCCOc1ccc(C(=O)C(Cc2ccc(OC)s2)=C(C(=O)O)c2ccc3nsnc3c2)cc1F. The summed E-state index contributed by atoms with van der Waals surface area (Å²) in [5, 5.41) is 10.8. The van der Waals surface area contributed by atoms with Gasteiger partial charge in [-0.15, -0.1) is 11.3 Å². The number of carboxylic acids is 1. The highest BCUT2D eigenvalue weighted by Crippen LogP contribution is 2.32. The average Bonchev–Trinajstić information content (AvgIpc) is 3.51. The van der Waals surface area contributed by atoms with Crippen LogP contribution in [0.5, 0.6) is 10.8 Å². The highest BCUT2D eigenvalue weighted by molar-refractivity contribution is 7.13. The van der Waals surface area contributed by atoms with E-state index in [1.54, 1.807) is 30.3 Å². The Kier molecular flexibility index (Phi) is 7.52. The summed E-state index contributed by atoms with van der Waals surface area (Å²) < 4.78 is 33.6. The number of aliphatic carboxylic acids is 1. The number of ketones is 1. The number of halogens is 1. The Morgan fingerprint density at radius 2 is 1.80 bits per heavy atom. The molecule has 0 saturated heterocycles. The number of thiophene rings is 1. The van der Waals surface area contributed by atoms with Gasteiger partial charge in [0, 0.05) is 22.4 Å². The van der Waals surface area contributed by atoms with Gasteiger partial charge in [0.25, 0.3) is 0 Å². The number of hydrogen-bond donors (Lipinski definition) is 1. The number of hydrogen-bond acceptors (Lipinski definition) is 8. The summed E-state index contributed by atoms with van der Waals surface area (Å²) in [5.74, 6) is -2.51. The van der Waals surface area contributed by atoms with Crippen LogP contribution in [0.2, 0.25) is 0 Å². The molecule has 35 heavy (non-hydrogen) atoms. The Labute approximate surface area is 208 Å². The molecule has 2 aromatic carbocycles. The summed E-state index contributed by atoms with van der Waals surface area (Å²) in [6.07, 6.45) is 0.732. The number of nitrogens with zero attached hydrogens (tertiary/aromatic N) is 2. The van der Waals surface area contributed by atoms with Crippen LogP contribution in [-0.2, 0) is 11.2 Å². The normalized spacial score (nSPS) is 11.9. The van der Waals surface area contributed by atoms with Crippen LogP contribution in [0.3, 0.4) is 0 Å². The van der Waals surface area contributed by atoms with Crippen LogP contribution >= 0.6 is 23.1 Å². The summed E-state index contributed by atoms with van der Waals surface area (Å²) in [7, 11) is 1.53. The van der Waals surface area contributed by atoms with Crippen LogP contribution in [0.15, 0.2) is 54.1 Å². The molecule has 0 spiro atoms. The third-order valence-corrected chi connectivity index (χ3v) is 6.78. The first-order valence-electron chi connectivity index (χ1n) is 10.7. The molecule has 180 valence electrons. The minimum atomic E-state index is -1.28. The van der Waals surface area contributed by atoms with Gasteiger partial charge in [0.1, 0.15) is 11.0 Å². The zero-order valence-corrected chi connectivity index (χ0v) is 20.5. The number of allylic oxidation sites excluding steroid dienone is 1. The molecule has 7 nitrogen and oxygen atoms in total. The molecule has 0 aliphatic carbocycles. The number of ether oxygens (including phenoxy) is 2. The number of benzene rings is 2. The Hall–Kier alpha value is -3.63. The fraction of sp³-hybridized carbons (Fsp3) is 0.200. The number of carbonyl (C=O) groups excluding carboxylic acids is 1. The molecule has 0 unspecified atom stereocenters. The molecule has 0 saturated carbocycles. The van der Waals surface area contributed by atoms with E-state index in [0.717, 1.165) is 22.7 Å². The molecule has 0 amide bonds. The highest BCUT2D eigenvalue weighted by Gasteiger charge is 2.25. The number of fused-ring (bicyclic) bond motifs is 1. The van der Waals surface area contributed by atoms with Gasteiger partial charge in [0.05, 0.1) is 31.0 Å². The Morgan fingerprint density at radius 1 is 1.03 bits per heavy atom. The first kappa shape index (κ1) is 24.5. The molecule has 0 radical (unpaired) electrons. The molecule has 2 aromatic heterocycles. The predicted octanol–water partition coefficient (Wildman–Crippen LogP) is 5.65. The van der Waals surface area contributed by atoms with Crippen LogP contribution in [0, 0.1) is 5.82 Å². The molecule has 0 fully saturated rings. The van der Waals surface area contributed by atoms with Crippen molar-refractivity contribution >= 4 is 51.4 Å². The predicted molar refractivity (Wildman–Crippen MR) is 133 cm³/mol. The van der Waals surface area contributed by atoms with Gasteiger partial charge < -0.3 is 14.6 Å². The van der Waals surface area contributed by atoms with Crippen LogP contribution in [0.1, 0.15) is 34.1 Å². The van der Waals surface area contributed by atoms with Crippen molar-refractivity contribution in [2.45, 2.75) is 19.8 Å². The zero-order valence-electron chi connectivity index (χ0n) is 18.9. The molecule has 1 N–H and O–H groups in total. The maximum absolute atomic E-state index is 14.7. The minimum Gasteiger partial charge on any atom is -0.491 e. The second kappa shape index (κ2) is 10.7. The number of Topliss-reactive ketones (excluding diaryl/α,β-unsaturated/α-hetero) is 1. The van der Waals surface area contributed by atoms with Gasteiger partial charge in [-0.1, -0.05) is 13.0 Å². The lowest BCUT2D eigenvalue weighted by molar-refractivity contribution is -0.130. The second-order valence-electron chi connectivity index (χ2n) is 7.55. The quantitative estimate of drug-likeness (QED) is 0.216. The van der Waals surface area contributed by atoms with E-state index < -0.39 is 17.6 Å². The number of rotatable bonds is 10. The average molecular weight is 513 g/mol. The van der Waals surface area contributed by atoms with Crippen LogP contribution in [0.4, 0.5) is 4.39 Å². The molecule has 0 atom stereocenters. The number of carbonyl (C=O) groups is 2. The summed E-state index contributed by atoms with van der Waals surface area (Å²) in [4.78, 5) is 26.9. The molecule has 4 rings (SSSR count). The Morgan fingerprint density at radius 3 is 2.49 bits per heavy atom. The molecule has 0 bridgehead atoms. The summed E-state index contributed by atoms with van der Waals surface area (Å²) in [6, 6.07) is 12.3. The summed E-state index contributed by atoms with van der Waals surface area (Å²) in [6.45, 7) is 2.24. The first-order valence-corrected chi connectivity index (χ1v) is 12.2. The maximum atomic E-state index is 14.7. The Bertz CT molecular complexity index is 1430. The van der Waals surface area contributed by atoms with Crippen molar-refractivity contribution in [2.24, 2.45) is 0 Å². The van der Waals surface area contributed by atoms with Crippen molar-refractivity contribution in [1.82, 2.24) is 8.75 Å². The third kappa shape index (κ3) is 5.39. The van der Waals surface area contributed by atoms with Crippen molar-refractivity contribution in [2.75, 3.05) is 13.7 Å². The number of methoxy groups -OCH3 is 1. The lowest BCUT2D eigenvalue weighted by Gasteiger charge is -2.13. The third-order valence-electron chi connectivity index (χ3n) is 5.18. The van der Waals surface area contributed by atoms with Crippen molar-refractivity contribution in [1.29, 1.82) is 0 Å². The molecular weight excluding hydrogens is 491 g/mol. The summed E-state index contributed by atoms with van der Waals surface area (Å²) >= 11 is 2.31. The number of aromatic nitrogens is 2. The molecule has 10 heteroatoms. The van der Waals surface area contributed by atoms with Gasteiger partial charge in [-0.05, 0) is 54.4 Å². The van der Waals surface area contributed by atoms with E-state index >= 15 is 0 Å². The summed E-state index contributed by atoms with van der Waals surface area (Å²) in [5.41, 5.74) is 1.34. The molecule has 0 aliphatic rings. The van der Waals surface area contributed by atoms with Crippen molar-refractivity contribution in [3.05, 3.63) is 75.9 Å². The van der Waals surface area contributed by atoms with Gasteiger partial charge in [0.15, 0.2) is 22.4 Å². The molecule has 0 aliphatic heterocycles. The van der Waals surface area contributed by atoms with Gasteiger partial charge in [0.2, 0.25) is 0 Å². The van der Waals surface area contributed by atoms with Crippen molar-refractivity contribution in [3.8, 4) is 10.8 Å². The lowest BCUT2D eigenvalue weighted by Crippen LogP contribution is -2.14. The molecule has 2 heterocycles. The maximum Gasteiger partial charge on any atom is 0.336 e. The molecular formula is C25H21FN2O5S2. The fourth-order valence-electron chi connectivity index (χ4n) is 3.53. The first-order chi connectivity index (χ1) is 16.9. The lowest BCUT2D eigenvalue weighted by atomic mass is 9.91. The van der Waals surface area contributed by atoms with Gasteiger partial charge in [-0.25, -0.2) is 9.18 Å². The number of carboxylic acid groups (broad SMARTS) is 1. The van der Waals surface area contributed by atoms with E-state index in [-0.39, 0.29) is 28.9 Å². The molecule has 4 aromatic rings. The Balaban J connectivity index is 1.84. The standard InChI is InChI=1S/C25H21FN2O5S2/c1-3-10-33-21-8-5-15(11-18(21)26)24(29)17(13-16-6-9-22(32-2)34-16)23(25(30)31)14-4-7-19-20(12-14)28-35-27-19/h4-9,11-12H,3,10,13H2,1-2H3,(H,30,31). The van der Waals surface area contributed by atoms with E-state index in [9.17, 15) is 19.1 Å². The van der Waals surface area contributed by atoms with Gasteiger partial charge in [-0.3, -0.25) is 4.79 Å². The van der Waals surface area contributed by atoms with E-state index in [1.807, 2.05) is 6.92 Å². The van der Waals surface area contributed by atoms with E-state index in [0.29, 0.717) is 34.7 Å². The topological polar surface area (TPSA) is 98.6 Å². The zero-order chi connectivity index (χ0) is 24.9. The minimum absolute atomic E-state index is 0.0196.